The average molecular weight is 235 g/mol. The van der Waals surface area contributed by atoms with E-state index in [-0.39, 0.29) is 18.0 Å². The zero-order valence-corrected chi connectivity index (χ0v) is 9.43. The molecule has 0 atom stereocenters. The van der Waals surface area contributed by atoms with Crippen molar-refractivity contribution in [2.75, 3.05) is 24.5 Å². The van der Waals surface area contributed by atoms with Crippen LogP contribution in [0, 0.1) is 6.92 Å². The predicted octanol–water partition coefficient (Wildman–Crippen LogP) is 0.0244. The largest absolute Gasteiger partial charge is 0.478 e. The highest BCUT2D eigenvalue weighted by atomic mass is 16.4. The standard InChI is InChI=1S/C11H13N3O3/c1-7-4-8(11(16)17)5-13-10(7)14-3-2-12-9(15)6-14/h4-5H,2-3,6H2,1H3,(H,12,15)(H,16,17). The Morgan fingerprint density at radius 1 is 1.59 bits per heavy atom. The van der Waals surface area contributed by atoms with Crippen LogP contribution in [-0.2, 0) is 4.79 Å². The number of nitrogens with zero attached hydrogens (tertiary/aromatic N) is 2. The molecule has 6 nitrogen and oxygen atoms in total. The topological polar surface area (TPSA) is 82.5 Å². The van der Waals surface area contributed by atoms with Crippen LogP contribution in [0.25, 0.3) is 0 Å². The molecule has 0 saturated carbocycles. The molecule has 2 heterocycles. The molecular formula is C11H13N3O3. The number of aryl methyl sites for hydroxylation is 1. The van der Waals surface area contributed by atoms with Crippen molar-refractivity contribution in [2.45, 2.75) is 6.92 Å². The van der Waals surface area contributed by atoms with Crippen molar-refractivity contribution >= 4 is 17.7 Å². The molecule has 1 amide bonds. The molecule has 1 aromatic heterocycles. The number of hydrogen-bond acceptors (Lipinski definition) is 4. The molecule has 0 aliphatic carbocycles. The first-order valence-corrected chi connectivity index (χ1v) is 5.29. The van der Waals surface area contributed by atoms with Crippen LogP contribution in [0.15, 0.2) is 12.3 Å². The summed E-state index contributed by atoms with van der Waals surface area (Å²) in [7, 11) is 0. The first-order chi connectivity index (χ1) is 8.08. The van der Waals surface area contributed by atoms with Gasteiger partial charge in [0.2, 0.25) is 5.91 Å². The van der Waals surface area contributed by atoms with Crippen molar-refractivity contribution in [1.29, 1.82) is 0 Å². The van der Waals surface area contributed by atoms with Gasteiger partial charge in [0.15, 0.2) is 0 Å². The van der Waals surface area contributed by atoms with Gasteiger partial charge in [-0.3, -0.25) is 4.79 Å². The quantitative estimate of drug-likeness (QED) is 0.755. The van der Waals surface area contributed by atoms with E-state index in [9.17, 15) is 9.59 Å². The number of anilines is 1. The highest BCUT2D eigenvalue weighted by Gasteiger charge is 2.19. The maximum absolute atomic E-state index is 11.3. The van der Waals surface area contributed by atoms with Crippen LogP contribution in [0.4, 0.5) is 5.82 Å². The number of pyridine rings is 1. The number of carboxylic acid groups (broad SMARTS) is 1. The zero-order valence-electron chi connectivity index (χ0n) is 9.43. The van der Waals surface area contributed by atoms with Crippen molar-refractivity contribution in [3.05, 3.63) is 23.4 Å². The number of nitrogens with one attached hydrogen (secondary N) is 1. The lowest BCUT2D eigenvalue weighted by Crippen LogP contribution is -2.48. The summed E-state index contributed by atoms with van der Waals surface area (Å²) in [6, 6.07) is 1.57. The summed E-state index contributed by atoms with van der Waals surface area (Å²) in [6.45, 7) is 3.33. The number of carbonyl (C=O) groups excluding carboxylic acids is 1. The van der Waals surface area contributed by atoms with E-state index in [1.165, 1.54) is 6.20 Å². The molecule has 1 aliphatic heterocycles. The van der Waals surface area contributed by atoms with Gasteiger partial charge in [0, 0.05) is 19.3 Å². The van der Waals surface area contributed by atoms with Gasteiger partial charge in [-0.2, -0.15) is 0 Å². The van der Waals surface area contributed by atoms with Gasteiger partial charge in [0.1, 0.15) is 5.82 Å². The summed E-state index contributed by atoms with van der Waals surface area (Å²) < 4.78 is 0. The summed E-state index contributed by atoms with van der Waals surface area (Å²) >= 11 is 0. The highest BCUT2D eigenvalue weighted by Crippen LogP contribution is 2.18. The first-order valence-electron chi connectivity index (χ1n) is 5.29. The third-order valence-corrected chi connectivity index (χ3v) is 2.64. The smallest absolute Gasteiger partial charge is 0.337 e. The Bertz CT molecular complexity index is 473. The monoisotopic (exact) mass is 235 g/mol. The average Bonchev–Trinajstić information content (AvgIpc) is 2.28. The lowest BCUT2D eigenvalue weighted by molar-refractivity contribution is -0.120. The van der Waals surface area contributed by atoms with E-state index >= 15 is 0 Å². The predicted molar refractivity (Wildman–Crippen MR) is 61.2 cm³/mol. The van der Waals surface area contributed by atoms with Gasteiger partial charge in [-0.1, -0.05) is 0 Å². The van der Waals surface area contributed by atoms with Crippen molar-refractivity contribution in [2.24, 2.45) is 0 Å². The van der Waals surface area contributed by atoms with Crippen LogP contribution >= 0.6 is 0 Å². The molecule has 0 spiro atoms. The van der Waals surface area contributed by atoms with Crippen LogP contribution in [-0.4, -0.2) is 41.6 Å². The van der Waals surface area contributed by atoms with Gasteiger partial charge in [-0.15, -0.1) is 0 Å². The molecule has 1 aliphatic rings. The Morgan fingerprint density at radius 3 is 2.94 bits per heavy atom. The van der Waals surface area contributed by atoms with Gasteiger partial charge < -0.3 is 15.3 Å². The van der Waals surface area contributed by atoms with Crippen LogP contribution in [0.5, 0.6) is 0 Å². The summed E-state index contributed by atoms with van der Waals surface area (Å²) in [4.78, 5) is 28.0. The van der Waals surface area contributed by atoms with E-state index in [1.54, 1.807) is 13.0 Å². The Kier molecular flexibility index (Phi) is 2.95. The Labute approximate surface area is 98.3 Å². The summed E-state index contributed by atoms with van der Waals surface area (Å²) in [6.07, 6.45) is 1.32. The Morgan fingerprint density at radius 2 is 2.35 bits per heavy atom. The number of carbonyl (C=O) groups is 2. The molecule has 17 heavy (non-hydrogen) atoms. The number of aromatic nitrogens is 1. The van der Waals surface area contributed by atoms with Gasteiger partial charge in [-0.25, -0.2) is 9.78 Å². The van der Waals surface area contributed by atoms with Crippen LogP contribution < -0.4 is 10.2 Å². The molecule has 1 saturated heterocycles. The second kappa shape index (κ2) is 4.40. The van der Waals surface area contributed by atoms with Crippen molar-refractivity contribution < 1.29 is 14.7 Å². The molecule has 0 radical (unpaired) electrons. The summed E-state index contributed by atoms with van der Waals surface area (Å²) in [5, 5.41) is 11.6. The number of amides is 1. The highest BCUT2D eigenvalue weighted by molar-refractivity contribution is 5.88. The molecule has 1 fully saturated rings. The Balaban J connectivity index is 2.26. The number of rotatable bonds is 2. The minimum absolute atomic E-state index is 0.0419. The molecule has 0 bridgehead atoms. The molecule has 0 aromatic carbocycles. The lowest BCUT2D eigenvalue weighted by Gasteiger charge is -2.28. The Hall–Kier alpha value is -2.11. The van der Waals surface area contributed by atoms with E-state index in [1.807, 2.05) is 4.90 Å². The van der Waals surface area contributed by atoms with E-state index in [0.29, 0.717) is 18.9 Å². The number of aromatic carboxylic acids is 1. The van der Waals surface area contributed by atoms with Crippen LogP contribution in [0.3, 0.4) is 0 Å². The molecular weight excluding hydrogens is 222 g/mol. The molecule has 2 rings (SSSR count). The normalized spacial score (nSPS) is 15.6. The summed E-state index contributed by atoms with van der Waals surface area (Å²) in [5.74, 6) is -0.367. The van der Waals surface area contributed by atoms with E-state index < -0.39 is 5.97 Å². The minimum atomic E-state index is -0.997. The second-order valence-corrected chi connectivity index (χ2v) is 3.94. The van der Waals surface area contributed by atoms with Crippen molar-refractivity contribution in [1.82, 2.24) is 10.3 Å². The number of piperazine rings is 1. The number of carboxylic acids is 1. The SMILES string of the molecule is Cc1cc(C(=O)O)cnc1N1CCNC(=O)C1. The van der Waals surface area contributed by atoms with Gasteiger partial charge in [-0.05, 0) is 18.6 Å². The number of hydrogen-bond donors (Lipinski definition) is 2. The van der Waals surface area contributed by atoms with E-state index in [2.05, 4.69) is 10.3 Å². The lowest BCUT2D eigenvalue weighted by atomic mass is 10.2. The molecule has 90 valence electrons. The maximum atomic E-state index is 11.3. The fourth-order valence-electron chi connectivity index (χ4n) is 1.83. The zero-order chi connectivity index (χ0) is 12.4. The molecule has 0 unspecified atom stereocenters. The maximum Gasteiger partial charge on any atom is 0.337 e. The van der Waals surface area contributed by atoms with Gasteiger partial charge in [0.25, 0.3) is 0 Å². The van der Waals surface area contributed by atoms with Crippen LogP contribution in [0.1, 0.15) is 15.9 Å². The third kappa shape index (κ3) is 2.35. The second-order valence-electron chi connectivity index (χ2n) is 3.94. The van der Waals surface area contributed by atoms with Crippen molar-refractivity contribution in [3.63, 3.8) is 0 Å². The fraction of sp³-hybridized carbons (Fsp3) is 0.364. The third-order valence-electron chi connectivity index (χ3n) is 2.64. The fourth-order valence-corrected chi connectivity index (χ4v) is 1.83. The van der Waals surface area contributed by atoms with E-state index in [0.717, 1.165) is 5.56 Å². The first kappa shape index (κ1) is 11.4. The van der Waals surface area contributed by atoms with Gasteiger partial charge in [0.05, 0.1) is 12.1 Å². The molecule has 6 heteroatoms. The van der Waals surface area contributed by atoms with Gasteiger partial charge >= 0.3 is 5.97 Å². The minimum Gasteiger partial charge on any atom is -0.478 e. The van der Waals surface area contributed by atoms with Crippen LogP contribution in [0.2, 0.25) is 0 Å². The van der Waals surface area contributed by atoms with Crippen molar-refractivity contribution in [3.8, 4) is 0 Å². The van der Waals surface area contributed by atoms with E-state index in [4.69, 9.17) is 5.11 Å². The molecule has 1 aromatic rings. The molecule has 2 N–H and O–H groups in total. The summed E-state index contributed by atoms with van der Waals surface area (Å²) in [5.41, 5.74) is 0.923.